The molecule has 1 N–H and O–H groups in total. The Labute approximate surface area is 154 Å². The molecule has 0 saturated heterocycles. The van der Waals surface area contributed by atoms with Crippen molar-refractivity contribution in [3.05, 3.63) is 59.2 Å². The lowest BCUT2D eigenvalue weighted by atomic mass is 10.1. The minimum Gasteiger partial charge on any atom is -0.497 e. The van der Waals surface area contributed by atoms with Gasteiger partial charge in [0.05, 0.1) is 18.6 Å². The Bertz CT molecular complexity index is 877. The van der Waals surface area contributed by atoms with E-state index in [1.807, 2.05) is 26.0 Å². The number of rotatable bonds is 7. The summed E-state index contributed by atoms with van der Waals surface area (Å²) in [6, 6.07) is 12.2. The summed E-state index contributed by atoms with van der Waals surface area (Å²) in [4.78, 5) is 12.3. The summed E-state index contributed by atoms with van der Waals surface area (Å²) in [5.74, 6) is 0.370. The number of ether oxygens (including phenoxy) is 1. The molecule has 0 aliphatic rings. The zero-order chi connectivity index (χ0) is 19.3. The Balaban J connectivity index is 1.97. The monoisotopic (exact) mass is 376 g/mol. The van der Waals surface area contributed by atoms with Gasteiger partial charge in [0, 0.05) is 13.6 Å². The highest BCUT2D eigenvalue weighted by atomic mass is 32.2. The van der Waals surface area contributed by atoms with Crippen molar-refractivity contribution in [1.29, 1.82) is 0 Å². The van der Waals surface area contributed by atoms with Crippen molar-refractivity contribution in [2.45, 2.75) is 25.3 Å². The fourth-order valence-corrected chi connectivity index (χ4v) is 3.55. The zero-order valence-corrected chi connectivity index (χ0v) is 16.3. The van der Waals surface area contributed by atoms with E-state index < -0.39 is 10.0 Å². The fraction of sp³-hybridized carbons (Fsp3) is 0.316. The van der Waals surface area contributed by atoms with Gasteiger partial charge in [-0.05, 0) is 54.8 Å². The summed E-state index contributed by atoms with van der Waals surface area (Å²) in [5, 5.41) is 2.73. The number of methoxy groups -OCH3 is 1. The lowest BCUT2D eigenvalue weighted by Gasteiger charge is -2.17. The van der Waals surface area contributed by atoms with Crippen LogP contribution in [0.5, 0.6) is 5.75 Å². The first-order valence-electron chi connectivity index (χ1n) is 8.17. The van der Waals surface area contributed by atoms with Crippen molar-refractivity contribution in [2.24, 2.45) is 0 Å². The minimum absolute atomic E-state index is 0.186. The molecule has 2 aromatic rings. The molecular formula is C19H24N2O4S. The Morgan fingerprint density at radius 3 is 2.31 bits per heavy atom. The summed E-state index contributed by atoms with van der Waals surface area (Å²) in [6.07, 6.45) is 0. The Hall–Kier alpha value is -2.38. The third-order valence-electron chi connectivity index (χ3n) is 4.20. The van der Waals surface area contributed by atoms with Crippen LogP contribution in [-0.2, 0) is 21.4 Å². The normalized spacial score (nSPS) is 11.4. The van der Waals surface area contributed by atoms with Gasteiger partial charge in [-0.25, -0.2) is 8.42 Å². The van der Waals surface area contributed by atoms with Crippen molar-refractivity contribution >= 4 is 15.9 Å². The molecule has 7 heteroatoms. The number of likely N-dealkylation sites (N-methyl/N-ethyl adjacent to an activating group) is 1. The number of hydrogen-bond acceptors (Lipinski definition) is 4. The van der Waals surface area contributed by atoms with Crippen LogP contribution in [0.15, 0.2) is 47.4 Å². The second kappa shape index (κ2) is 8.33. The van der Waals surface area contributed by atoms with E-state index in [0.717, 1.165) is 26.7 Å². The SMILES string of the molecule is COc1ccc(CNC(=O)CN(C)S(=O)(=O)c2ccc(C)c(C)c2)cc1. The van der Waals surface area contributed by atoms with Crippen molar-refractivity contribution in [3.8, 4) is 5.75 Å². The van der Waals surface area contributed by atoms with Crippen molar-refractivity contribution in [2.75, 3.05) is 20.7 Å². The summed E-state index contributed by atoms with van der Waals surface area (Å²) in [6.45, 7) is 3.85. The first-order valence-corrected chi connectivity index (χ1v) is 9.61. The second-order valence-corrected chi connectivity index (χ2v) is 8.18. The van der Waals surface area contributed by atoms with Gasteiger partial charge in [0.25, 0.3) is 0 Å². The van der Waals surface area contributed by atoms with Crippen LogP contribution in [0.25, 0.3) is 0 Å². The molecule has 0 heterocycles. The molecule has 0 aromatic heterocycles. The van der Waals surface area contributed by atoms with Crippen LogP contribution in [0.1, 0.15) is 16.7 Å². The predicted molar refractivity (Wildman–Crippen MR) is 101 cm³/mol. The second-order valence-electron chi connectivity index (χ2n) is 6.13. The molecule has 0 aliphatic heterocycles. The number of carbonyl (C=O) groups excluding carboxylic acids is 1. The van der Waals surface area contributed by atoms with E-state index in [0.29, 0.717) is 6.54 Å². The van der Waals surface area contributed by atoms with Gasteiger partial charge in [-0.1, -0.05) is 18.2 Å². The molecule has 0 aliphatic carbocycles. The van der Waals surface area contributed by atoms with Crippen LogP contribution in [0.2, 0.25) is 0 Å². The van der Waals surface area contributed by atoms with E-state index in [1.165, 1.54) is 7.05 Å². The van der Waals surface area contributed by atoms with Crippen LogP contribution in [0, 0.1) is 13.8 Å². The van der Waals surface area contributed by atoms with Crippen LogP contribution in [-0.4, -0.2) is 39.3 Å². The van der Waals surface area contributed by atoms with Gasteiger partial charge in [0.1, 0.15) is 5.75 Å². The molecule has 0 saturated carbocycles. The molecule has 0 unspecified atom stereocenters. The molecule has 0 radical (unpaired) electrons. The van der Waals surface area contributed by atoms with Crippen LogP contribution >= 0.6 is 0 Å². The average molecular weight is 376 g/mol. The zero-order valence-electron chi connectivity index (χ0n) is 15.4. The molecule has 0 atom stereocenters. The molecule has 26 heavy (non-hydrogen) atoms. The Morgan fingerprint density at radius 1 is 1.08 bits per heavy atom. The molecule has 2 aromatic carbocycles. The molecular weight excluding hydrogens is 352 g/mol. The lowest BCUT2D eigenvalue weighted by Crippen LogP contribution is -2.38. The number of sulfonamides is 1. The summed E-state index contributed by atoms with van der Waals surface area (Å²) in [5.41, 5.74) is 2.81. The third kappa shape index (κ3) is 4.83. The molecule has 6 nitrogen and oxygen atoms in total. The molecule has 0 bridgehead atoms. The van der Waals surface area contributed by atoms with Gasteiger partial charge < -0.3 is 10.1 Å². The van der Waals surface area contributed by atoms with Gasteiger partial charge in [0.2, 0.25) is 15.9 Å². The number of amides is 1. The molecule has 1 amide bonds. The number of carbonyl (C=O) groups is 1. The Morgan fingerprint density at radius 2 is 1.73 bits per heavy atom. The smallest absolute Gasteiger partial charge is 0.243 e. The minimum atomic E-state index is -3.71. The van der Waals surface area contributed by atoms with E-state index in [2.05, 4.69) is 5.32 Å². The van der Waals surface area contributed by atoms with E-state index in [9.17, 15) is 13.2 Å². The Kier molecular flexibility index (Phi) is 6.39. The molecule has 140 valence electrons. The molecule has 0 fully saturated rings. The summed E-state index contributed by atoms with van der Waals surface area (Å²) >= 11 is 0. The fourth-order valence-electron chi connectivity index (χ4n) is 2.34. The maximum atomic E-state index is 12.6. The topological polar surface area (TPSA) is 75.7 Å². The average Bonchev–Trinajstić information content (AvgIpc) is 2.62. The highest BCUT2D eigenvalue weighted by molar-refractivity contribution is 7.89. The summed E-state index contributed by atoms with van der Waals surface area (Å²) in [7, 11) is -0.723. The van der Waals surface area contributed by atoms with E-state index >= 15 is 0 Å². The van der Waals surface area contributed by atoms with E-state index in [1.54, 1.807) is 37.4 Å². The van der Waals surface area contributed by atoms with Crippen LogP contribution in [0.4, 0.5) is 0 Å². The van der Waals surface area contributed by atoms with E-state index in [4.69, 9.17) is 4.74 Å². The number of aryl methyl sites for hydroxylation is 2. The van der Waals surface area contributed by atoms with Gasteiger partial charge >= 0.3 is 0 Å². The van der Waals surface area contributed by atoms with Gasteiger partial charge in [-0.15, -0.1) is 0 Å². The number of nitrogens with one attached hydrogen (secondary N) is 1. The highest BCUT2D eigenvalue weighted by Gasteiger charge is 2.23. The maximum Gasteiger partial charge on any atom is 0.243 e. The predicted octanol–water partition coefficient (Wildman–Crippen LogP) is 2.25. The lowest BCUT2D eigenvalue weighted by molar-refractivity contribution is -0.121. The molecule has 0 spiro atoms. The number of benzene rings is 2. The largest absolute Gasteiger partial charge is 0.497 e. The van der Waals surface area contributed by atoms with Crippen LogP contribution in [0.3, 0.4) is 0 Å². The van der Waals surface area contributed by atoms with E-state index in [-0.39, 0.29) is 17.3 Å². The first kappa shape index (κ1) is 19.9. The van der Waals surface area contributed by atoms with Crippen molar-refractivity contribution in [1.82, 2.24) is 9.62 Å². The quantitative estimate of drug-likeness (QED) is 0.804. The van der Waals surface area contributed by atoms with Gasteiger partial charge in [-0.2, -0.15) is 4.31 Å². The molecule has 2 rings (SSSR count). The standard InChI is InChI=1S/C19H24N2O4S/c1-14-5-10-18(11-15(14)2)26(23,24)21(3)13-19(22)20-12-16-6-8-17(25-4)9-7-16/h5-11H,12-13H2,1-4H3,(H,20,22). The maximum absolute atomic E-state index is 12.6. The van der Waals surface area contributed by atoms with Crippen molar-refractivity contribution < 1.29 is 17.9 Å². The van der Waals surface area contributed by atoms with Gasteiger partial charge in [-0.3, -0.25) is 4.79 Å². The number of hydrogen-bond donors (Lipinski definition) is 1. The van der Waals surface area contributed by atoms with Gasteiger partial charge in [0.15, 0.2) is 0 Å². The summed E-state index contributed by atoms with van der Waals surface area (Å²) < 4.78 is 31.4. The van der Waals surface area contributed by atoms with Crippen molar-refractivity contribution in [3.63, 3.8) is 0 Å². The first-order chi connectivity index (χ1) is 12.2. The number of nitrogens with zero attached hydrogens (tertiary/aromatic N) is 1. The highest BCUT2D eigenvalue weighted by Crippen LogP contribution is 2.18. The third-order valence-corrected chi connectivity index (χ3v) is 6.00. The van der Waals surface area contributed by atoms with Crippen LogP contribution < -0.4 is 10.1 Å².